The highest BCUT2D eigenvalue weighted by Gasteiger charge is 2.13. The standard InChI is InChI=1S/C16H14ClNO2S/c1-20-16(19)13-8-7-12(17)10-14(13)18-15(21)9-11-5-3-2-4-6-11/h2-8,10H,9H2,1H3,(H,18,21). The molecule has 0 fully saturated rings. The van der Waals surface area contributed by atoms with Crippen molar-refractivity contribution in [2.45, 2.75) is 6.42 Å². The van der Waals surface area contributed by atoms with Gasteiger partial charge in [-0.2, -0.15) is 0 Å². The molecule has 108 valence electrons. The largest absolute Gasteiger partial charge is 0.465 e. The maximum atomic E-state index is 11.7. The predicted octanol–water partition coefficient (Wildman–Crippen LogP) is 4.11. The first kappa shape index (κ1) is 15.5. The second-order valence-corrected chi connectivity index (χ2v) is 5.32. The molecule has 2 aromatic carbocycles. The smallest absolute Gasteiger partial charge is 0.339 e. The fourth-order valence-electron chi connectivity index (χ4n) is 1.88. The minimum absolute atomic E-state index is 0.400. The molecule has 0 aliphatic heterocycles. The number of carbonyl (C=O) groups is 1. The molecule has 1 N–H and O–H groups in total. The van der Waals surface area contributed by atoms with Crippen molar-refractivity contribution >= 4 is 40.5 Å². The van der Waals surface area contributed by atoms with Crippen molar-refractivity contribution in [2.75, 3.05) is 12.4 Å². The van der Waals surface area contributed by atoms with Crippen LogP contribution in [0.1, 0.15) is 15.9 Å². The average molecular weight is 320 g/mol. The molecule has 2 rings (SSSR count). The number of hydrogen-bond acceptors (Lipinski definition) is 3. The van der Waals surface area contributed by atoms with Crippen LogP contribution >= 0.6 is 23.8 Å². The zero-order valence-corrected chi connectivity index (χ0v) is 13.0. The summed E-state index contributed by atoms with van der Waals surface area (Å²) >= 11 is 11.3. The van der Waals surface area contributed by atoms with Gasteiger partial charge in [-0.15, -0.1) is 0 Å². The Morgan fingerprint density at radius 3 is 2.62 bits per heavy atom. The number of ether oxygens (including phenoxy) is 1. The fraction of sp³-hybridized carbons (Fsp3) is 0.125. The van der Waals surface area contributed by atoms with Gasteiger partial charge in [0.15, 0.2) is 0 Å². The van der Waals surface area contributed by atoms with Gasteiger partial charge in [-0.1, -0.05) is 54.2 Å². The molecule has 0 bridgehead atoms. The van der Waals surface area contributed by atoms with Gasteiger partial charge in [0.25, 0.3) is 0 Å². The van der Waals surface area contributed by atoms with Gasteiger partial charge < -0.3 is 10.1 Å². The number of methoxy groups -OCH3 is 1. The summed E-state index contributed by atoms with van der Waals surface area (Å²) in [6.07, 6.45) is 0.587. The van der Waals surface area contributed by atoms with E-state index in [1.165, 1.54) is 7.11 Å². The lowest BCUT2D eigenvalue weighted by Crippen LogP contribution is -2.15. The van der Waals surface area contributed by atoms with Crippen molar-refractivity contribution in [2.24, 2.45) is 0 Å². The number of anilines is 1. The Morgan fingerprint density at radius 2 is 1.95 bits per heavy atom. The third-order valence-corrected chi connectivity index (χ3v) is 3.35. The van der Waals surface area contributed by atoms with E-state index in [0.717, 1.165) is 5.56 Å². The Hall–Kier alpha value is -1.91. The normalized spacial score (nSPS) is 10.0. The molecule has 3 nitrogen and oxygen atoms in total. The van der Waals surface area contributed by atoms with Gasteiger partial charge in [-0.05, 0) is 23.8 Å². The lowest BCUT2D eigenvalue weighted by atomic mass is 10.1. The summed E-state index contributed by atoms with van der Waals surface area (Å²) in [5.74, 6) is -0.434. The van der Waals surface area contributed by atoms with Crippen molar-refractivity contribution in [1.82, 2.24) is 0 Å². The molecular formula is C16H14ClNO2S. The topological polar surface area (TPSA) is 38.3 Å². The molecule has 0 aliphatic carbocycles. The summed E-state index contributed by atoms with van der Waals surface area (Å²) in [5, 5.41) is 3.58. The van der Waals surface area contributed by atoms with E-state index in [1.54, 1.807) is 18.2 Å². The predicted molar refractivity (Wildman–Crippen MR) is 89.2 cm³/mol. The molecule has 0 unspecified atom stereocenters. The summed E-state index contributed by atoms with van der Waals surface area (Å²) in [5.41, 5.74) is 2.05. The molecule has 0 aromatic heterocycles. The second-order valence-electron chi connectivity index (χ2n) is 4.39. The van der Waals surface area contributed by atoms with Crippen molar-refractivity contribution in [3.63, 3.8) is 0 Å². The molecule has 0 amide bonds. The van der Waals surface area contributed by atoms with Crippen LogP contribution in [0.25, 0.3) is 0 Å². The van der Waals surface area contributed by atoms with E-state index < -0.39 is 5.97 Å². The Bertz CT molecular complexity index is 659. The van der Waals surface area contributed by atoms with Gasteiger partial charge in [0.05, 0.1) is 23.3 Å². The summed E-state index contributed by atoms with van der Waals surface area (Å²) in [6, 6.07) is 14.8. The number of hydrogen-bond donors (Lipinski definition) is 1. The molecular weight excluding hydrogens is 306 g/mol. The molecule has 0 saturated heterocycles. The number of esters is 1. The van der Waals surface area contributed by atoms with Crippen LogP contribution in [-0.4, -0.2) is 18.1 Å². The lowest BCUT2D eigenvalue weighted by molar-refractivity contribution is 0.0602. The third-order valence-electron chi connectivity index (χ3n) is 2.87. The van der Waals surface area contributed by atoms with Crippen molar-refractivity contribution in [3.8, 4) is 0 Å². The highest BCUT2D eigenvalue weighted by molar-refractivity contribution is 7.80. The van der Waals surface area contributed by atoms with Crippen LogP contribution in [0.3, 0.4) is 0 Å². The summed E-state index contributed by atoms with van der Waals surface area (Å²) in [7, 11) is 1.34. The summed E-state index contributed by atoms with van der Waals surface area (Å²) in [4.78, 5) is 12.3. The fourth-order valence-corrected chi connectivity index (χ4v) is 2.33. The Labute approximate surface area is 133 Å². The SMILES string of the molecule is COC(=O)c1ccc(Cl)cc1NC(=S)Cc1ccccc1. The Morgan fingerprint density at radius 1 is 1.24 bits per heavy atom. The van der Waals surface area contributed by atoms with Gasteiger partial charge >= 0.3 is 5.97 Å². The van der Waals surface area contributed by atoms with E-state index in [9.17, 15) is 4.79 Å². The van der Waals surface area contributed by atoms with E-state index in [0.29, 0.717) is 27.7 Å². The van der Waals surface area contributed by atoms with Gasteiger partial charge in [-0.3, -0.25) is 0 Å². The van der Waals surface area contributed by atoms with Crippen LogP contribution in [0.15, 0.2) is 48.5 Å². The summed E-state index contributed by atoms with van der Waals surface area (Å²) in [6.45, 7) is 0. The second kappa shape index (κ2) is 7.20. The van der Waals surface area contributed by atoms with Gasteiger partial charge in [0.2, 0.25) is 0 Å². The van der Waals surface area contributed by atoms with Crippen molar-refractivity contribution in [1.29, 1.82) is 0 Å². The van der Waals surface area contributed by atoms with E-state index in [4.69, 9.17) is 28.6 Å². The van der Waals surface area contributed by atoms with E-state index in [-0.39, 0.29) is 0 Å². The maximum absolute atomic E-state index is 11.7. The number of halogens is 1. The van der Waals surface area contributed by atoms with Crippen molar-refractivity contribution in [3.05, 3.63) is 64.7 Å². The number of carbonyl (C=O) groups excluding carboxylic acids is 1. The average Bonchev–Trinajstić information content (AvgIpc) is 2.47. The lowest BCUT2D eigenvalue weighted by Gasteiger charge is -2.12. The molecule has 21 heavy (non-hydrogen) atoms. The highest BCUT2D eigenvalue weighted by Crippen LogP contribution is 2.22. The first-order chi connectivity index (χ1) is 10.1. The van der Waals surface area contributed by atoms with Crippen LogP contribution < -0.4 is 5.32 Å². The molecule has 0 atom stereocenters. The first-order valence-electron chi connectivity index (χ1n) is 6.32. The molecule has 0 radical (unpaired) electrons. The van der Waals surface area contributed by atoms with Gasteiger partial charge in [-0.25, -0.2) is 4.79 Å². The van der Waals surface area contributed by atoms with E-state index >= 15 is 0 Å². The van der Waals surface area contributed by atoms with E-state index in [1.807, 2.05) is 30.3 Å². The third kappa shape index (κ3) is 4.28. The van der Waals surface area contributed by atoms with Crippen LogP contribution in [0.4, 0.5) is 5.69 Å². The highest BCUT2D eigenvalue weighted by atomic mass is 35.5. The van der Waals surface area contributed by atoms with E-state index in [2.05, 4.69) is 5.32 Å². The van der Waals surface area contributed by atoms with Crippen LogP contribution in [0.5, 0.6) is 0 Å². The minimum Gasteiger partial charge on any atom is -0.465 e. The Balaban J connectivity index is 2.16. The summed E-state index contributed by atoms with van der Waals surface area (Å²) < 4.78 is 4.75. The Kier molecular flexibility index (Phi) is 5.31. The number of thiocarbonyl (C=S) groups is 1. The molecule has 5 heteroatoms. The van der Waals surface area contributed by atoms with Gasteiger partial charge in [0, 0.05) is 11.4 Å². The van der Waals surface area contributed by atoms with Crippen LogP contribution in [0.2, 0.25) is 5.02 Å². The molecule has 0 aliphatic rings. The number of nitrogens with one attached hydrogen (secondary N) is 1. The van der Waals surface area contributed by atoms with Gasteiger partial charge in [0.1, 0.15) is 0 Å². The minimum atomic E-state index is -0.434. The quantitative estimate of drug-likeness (QED) is 0.680. The number of benzene rings is 2. The van der Waals surface area contributed by atoms with Crippen molar-refractivity contribution < 1.29 is 9.53 Å². The first-order valence-corrected chi connectivity index (χ1v) is 7.10. The molecule has 2 aromatic rings. The zero-order chi connectivity index (χ0) is 15.2. The monoisotopic (exact) mass is 319 g/mol. The van der Waals surface area contributed by atoms with Crippen LogP contribution in [-0.2, 0) is 11.2 Å². The zero-order valence-electron chi connectivity index (χ0n) is 11.4. The number of rotatable bonds is 4. The van der Waals surface area contributed by atoms with Crippen LogP contribution in [0, 0.1) is 0 Å². The molecule has 0 saturated carbocycles. The molecule has 0 spiro atoms. The molecule has 0 heterocycles. The maximum Gasteiger partial charge on any atom is 0.339 e.